The van der Waals surface area contributed by atoms with E-state index in [4.69, 9.17) is 0 Å². The highest BCUT2D eigenvalue weighted by molar-refractivity contribution is 5.56. The topological polar surface area (TPSA) is 78.0 Å². The van der Waals surface area contributed by atoms with Gasteiger partial charge in [0.1, 0.15) is 12.2 Å². The van der Waals surface area contributed by atoms with Crippen LogP contribution in [0.5, 0.6) is 0 Å². The second-order valence-corrected chi connectivity index (χ2v) is 3.93. The highest BCUT2D eigenvalue weighted by Gasteiger charge is 2.26. The molecule has 0 N–H and O–H groups in total. The average molecular weight is 278 g/mol. The van der Waals surface area contributed by atoms with Gasteiger partial charge in [-0.25, -0.2) is 0 Å². The third-order valence-corrected chi connectivity index (χ3v) is 2.46. The molecule has 0 spiro atoms. The molecule has 0 aromatic carbocycles. The monoisotopic (exact) mass is 278 g/mol. The number of hydrogen-bond acceptors (Lipinski definition) is 4. The van der Waals surface area contributed by atoms with E-state index in [9.17, 15) is 28.1 Å². The Balaban J connectivity index is 2.49. The number of alkyl halides is 3. The van der Waals surface area contributed by atoms with Crippen molar-refractivity contribution in [3.05, 3.63) is 22.6 Å². The van der Waals surface area contributed by atoms with Crippen molar-refractivity contribution in [2.45, 2.75) is 37.9 Å². The number of imidazole rings is 1. The normalized spacial score (nSPS) is 13.2. The van der Waals surface area contributed by atoms with Gasteiger partial charge in [-0.05, 0) is 22.7 Å². The maximum atomic E-state index is 11.9. The lowest BCUT2D eigenvalue weighted by Gasteiger charge is -2.10. The molecule has 1 heterocycles. The van der Waals surface area contributed by atoms with E-state index in [2.05, 4.69) is 4.98 Å². The molecule has 1 radical (unpaired) electrons. The first-order valence-corrected chi connectivity index (χ1v) is 5.46. The Morgan fingerprint density at radius 2 is 2.16 bits per heavy atom. The van der Waals surface area contributed by atoms with Gasteiger partial charge < -0.3 is 10.1 Å². The maximum Gasteiger partial charge on any atom is 0.389 e. The molecule has 0 saturated carbocycles. The van der Waals surface area contributed by atoms with Gasteiger partial charge in [0.25, 0.3) is 0 Å². The fraction of sp³-hybridized carbons (Fsp3) is 0.600. The first-order valence-electron chi connectivity index (χ1n) is 5.46. The molecule has 0 aliphatic rings. The fourth-order valence-corrected chi connectivity index (χ4v) is 1.52. The zero-order chi connectivity index (χ0) is 14.5. The number of rotatable bonds is 7. The Hall–Kier alpha value is -1.93. The SMILES string of the molecule is O=[C]C(CCCCC(F)(F)F)n1cnc([N+](=O)[O-])c1. The van der Waals surface area contributed by atoms with E-state index in [1.165, 1.54) is 4.57 Å². The van der Waals surface area contributed by atoms with Gasteiger partial charge >= 0.3 is 12.0 Å². The molecule has 0 saturated heterocycles. The van der Waals surface area contributed by atoms with Crippen LogP contribution < -0.4 is 0 Å². The summed E-state index contributed by atoms with van der Waals surface area (Å²) >= 11 is 0. The smallest absolute Gasteiger partial charge is 0.358 e. The summed E-state index contributed by atoms with van der Waals surface area (Å²) < 4.78 is 36.9. The zero-order valence-electron chi connectivity index (χ0n) is 9.76. The molecule has 105 valence electrons. The van der Waals surface area contributed by atoms with Gasteiger partial charge in [-0.3, -0.25) is 9.36 Å². The van der Waals surface area contributed by atoms with Gasteiger partial charge in [0, 0.05) is 6.42 Å². The van der Waals surface area contributed by atoms with Crippen LogP contribution in [-0.4, -0.2) is 26.9 Å². The number of hydrogen-bond donors (Lipinski definition) is 0. The first-order chi connectivity index (χ1) is 8.83. The molecule has 0 fully saturated rings. The van der Waals surface area contributed by atoms with Gasteiger partial charge in [-0.2, -0.15) is 13.2 Å². The number of aromatic nitrogens is 2. The number of carbonyl (C=O) groups excluding carboxylic acids is 1. The molecule has 0 bridgehead atoms. The van der Waals surface area contributed by atoms with Gasteiger partial charge in [0.05, 0.1) is 0 Å². The van der Waals surface area contributed by atoms with Crippen LogP contribution >= 0.6 is 0 Å². The molecule has 0 aliphatic carbocycles. The van der Waals surface area contributed by atoms with Crippen molar-refractivity contribution in [2.75, 3.05) is 0 Å². The molecule has 1 aromatic heterocycles. The summed E-state index contributed by atoms with van der Waals surface area (Å²) in [5.41, 5.74) is 0. The lowest BCUT2D eigenvalue weighted by Crippen LogP contribution is -2.10. The summed E-state index contributed by atoms with van der Waals surface area (Å²) in [7, 11) is 0. The molecule has 1 unspecified atom stereocenters. The van der Waals surface area contributed by atoms with Crippen LogP contribution in [0.15, 0.2) is 12.5 Å². The van der Waals surface area contributed by atoms with Crippen molar-refractivity contribution in [1.82, 2.24) is 9.55 Å². The number of halogens is 3. The minimum Gasteiger partial charge on any atom is -0.358 e. The number of nitrogens with zero attached hydrogens (tertiary/aromatic N) is 3. The predicted octanol–water partition coefficient (Wildman–Crippen LogP) is 2.56. The summed E-state index contributed by atoms with van der Waals surface area (Å²) in [5.74, 6) is -0.421. The first kappa shape index (κ1) is 15.1. The summed E-state index contributed by atoms with van der Waals surface area (Å²) in [6, 6.07) is -0.852. The van der Waals surface area contributed by atoms with Crippen LogP contribution in [0.3, 0.4) is 0 Å². The third-order valence-electron chi connectivity index (χ3n) is 2.46. The Labute approximate surface area is 106 Å². The molecular weight excluding hydrogens is 267 g/mol. The van der Waals surface area contributed by atoms with E-state index in [-0.39, 0.29) is 19.3 Å². The second kappa shape index (κ2) is 6.30. The highest BCUT2D eigenvalue weighted by Crippen LogP contribution is 2.24. The van der Waals surface area contributed by atoms with Crippen molar-refractivity contribution < 1.29 is 22.9 Å². The molecule has 9 heteroatoms. The summed E-state index contributed by atoms with van der Waals surface area (Å²) in [4.78, 5) is 23.8. The van der Waals surface area contributed by atoms with Crippen molar-refractivity contribution in [1.29, 1.82) is 0 Å². The molecular formula is C10H11F3N3O3. The average Bonchev–Trinajstić information content (AvgIpc) is 2.77. The van der Waals surface area contributed by atoms with Crippen LogP contribution in [0.4, 0.5) is 19.0 Å². The van der Waals surface area contributed by atoms with E-state index in [0.717, 1.165) is 12.5 Å². The summed E-state index contributed by atoms with van der Waals surface area (Å²) in [5, 5.41) is 10.4. The highest BCUT2D eigenvalue weighted by atomic mass is 19.4. The predicted molar refractivity (Wildman–Crippen MR) is 58.1 cm³/mol. The van der Waals surface area contributed by atoms with E-state index in [1.54, 1.807) is 6.29 Å². The van der Waals surface area contributed by atoms with Crippen molar-refractivity contribution in [3.63, 3.8) is 0 Å². The van der Waals surface area contributed by atoms with Gasteiger partial charge in [0.2, 0.25) is 12.6 Å². The van der Waals surface area contributed by atoms with Crippen LogP contribution in [0.2, 0.25) is 0 Å². The molecule has 0 aliphatic heterocycles. The minimum atomic E-state index is -4.21. The van der Waals surface area contributed by atoms with Crippen LogP contribution in [-0.2, 0) is 4.79 Å². The Bertz CT molecular complexity index is 445. The molecule has 6 nitrogen and oxygen atoms in total. The Kier molecular flexibility index (Phi) is 5.02. The van der Waals surface area contributed by atoms with Crippen molar-refractivity contribution in [2.24, 2.45) is 0 Å². The fourth-order valence-electron chi connectivity index (χ4n) is 1.52. The lowest BCUT2D eigenvalue weighted by molar-refractivity contribution is -0.389. The largest absolute Gasteiger partial charge is 0.389 e. The number of unbranched alkanes of at least 4 members (excludes halogenated alkanes) is 1. The third kappa shape index (κ3) is 5.06. The van der Waals surface area contributed by atoms with Crippen molar-refractivity contribution in [3.8, 4) is 0 Å². The summed E-state index contributed by atoms with van der Waals surface area (Å²) in [6.45, 7) is 0. The molecule has 19 heavy (non-hydrogen) atoms. The Morgan fingerprint density at radius 3 is 2.63 bits per heavy atom. The maximum absolute atomic E-state index is 11.9. The van der Waals surface area contributed by atoms with Crippen LogP contribution in [0, 0.1) is 10.1 Å². The van der Waals surface area contributed by atoms with Gasteiger partial charge in [-0.1, -0.05) is 6.42 Å². The van der Waals surface area contributed by atoms with E-state index in [1.807, 2.05) is 0 Å². The van der Waals surface area contributed by atoms with E-state index < -0.39 is 29.4 Å². The van der Waals surface area contributed by atoms with Gasteiger partial charge in [-0.15, -0.1) is 0 Å². The quantitative estimate of drug-likeness (QED) is 0.436. The standard InChI is InChI=1S/C10H11F3N3O3/c11-10(12,13)4-2-1-3-8(6-17)15-5-9(14-7-15)16(18)19/h5,7-8H,1-4H2. The minimum absolute atomic E-state index is 0.0987. The van der Waals surface area contributed by atoms with Crippen LogP contribution in [0.25, 0.3) is 0 Å². The molecule has 1 rings (SSSR count). The van der Waals surface area contributed by atoms with E-state index >= 15 is 0 Å². The summed E-state index contributed by atoms with van der Waals surface area (Å²) in [6.07, 6.45) is -1.14. The Morgan fingerprint density at radius 1 is 1.47 bits per heavy atom. The van der Waals surface area contributed by atoms with Gasteiger partial charge in [0.15, 0.2) is 0 Å². The molecule has 1 atom stereocenters. The zero-order valence-corrected chi connectivity index (χ0v) is 9.76. The molecule has 0 amide bonds. The second-order valence-electron chi connectivity index (χ2n) is 3.93. The molecule has 1 aromatic rings. The lowest BCUT2D eigenvalue weighted by atomic mass is 10.1. The van der Waals surface area contributed by atoms with Crippen LogP contribution in [0.1, 0.15) is 31.7 Å². The number of nitro groups is 1. The van der Waals surface area contributed by atoms with E-state index in [0.29, 0.717) is 0 Å². The van der Waals surface area contributed by atoms with Crippen molar-refractivity contribution >= 4 is 12.1 Å².